The number of hydrogen-bond acceptors (Lipinski definition) is 4. The van der Waals surface area contributed by atoms with E-state index in [1.54, 1.807) is 4.90 Å². The van der Waals surface area contributed by atoms with E-state index in [4.69, 9.17) is 0 Å². The third kappa shape index (κ3) is 4.02. The van der Waals surface area contributed by atoms with Crippen molar-refractivity contribution in [1.82, 2.24) is 14.8 Å². The second-order valence-electron chi connectivity index (χ2n) is 7.84. The van der Waals surface area contributed by atoms with Gasteiger partial charge in [0.15, 0.2) is 11.0 Å². The lowest BCUT2D eigenvalue weighted by Crippen LogP contribution is -2.37. The molecule has 0 saturated heterocycles. The Labute approximate surface area is 194 Å². The van der Waals surface area contributed by atoms with Gasteiger partial charge >= 0.3 is 0 Å². The van der Waals surface area contributed by atoms with Crippen LogP contribution >= 0.6 is 11.8 Å². The summed E-state index contributed by atoms with van der Waals surface area (Å²) in [5.41, 5.74) is 2.92. The number of carbonyl (C=O) groups excluding carboxylic acids is 1. The van der Waals surface area contributed by atoms with E-state index in [-0.39, 0.29) is 23.4 Å². The second-order valence-corrected chi connectivity index (χ2v) is 8.78. The van der Waals surface area contributed by atoms with E-state index in [1.807, 2.05) is 61.5 Å². The molecular formula is C25H20F2N4OS. The molecule has 2 heterocycles. The van der Waals surface area contributed by atoms with Gasteiger partial charge in [-0.2, -0.15) is 0 Å². The van der Waals surface area contributed by atoms with Crippen LogP contribution in [-0.2, 0) is 11.2 Å². The van der Waals surface area contributed by atoms with Gasteiger partial charge in [0, 0.05) is 23.4 Å². The molecule has 1 aromatic heterocycles. The van der Waals surface area contributed by atoms with Crippen molar-refractivity contribution in [1.29, 1.82) is 0 Å². The quantitative estimate of drug-likeness (QED) is 0.379. The van der Waals surface area contributed by atoms with Gasteiger partial charge in [-0.25, -0.2) is 8.78 Å². The maximum Gasteiger partial charge on any atom is 0.237 e. The lowest BCUT2D eigenvalue weighted by atomic mass is 10.1. The highest BCUT2D eigenvalue weighted by molar-refractivity contribution is 7.99. The van der Waals surface area contributed by atoms with Crippen molar-refractivity contribution in [2.24, 2.45) is 0 Å². The van der Waals surface area contributed by atoms with Crippen LogP contribution in [0.5, 0.6) is 0 Å². The molecule has 5 nitrogen and oxygen atoms in total. The molecule has 0 unspecified atom stereocenters. The van der Waals surface area contributed by atoms with Gasteiger partial charge in [-0.1, -0.05) is 60.3 Å². The molecule has 0 saturated carbocycles. The van der Waals surface area contributed by atoms with Crippen LogP contribution in [0.4, 0.5) is 14.5 Å². The molecule has 1 amide bonds. The van der Waals surface area contributed by atoms with Gasteiger partial charge in [0.25, 0.3) is 0 Å². The maximum absolute atomic E-state index is 14.7. The molecule has 4 aromatic rings. The minimum absolute atomic E-state index is 0.0581. The van der Waals surface area contributed by atoms with E-state index in [0.717, 1.165) is 29.3 Å². The summed E-state index contributed by atoms with van der Waals surface area (Å²) in [6, 6.07) is 20.5. The number of hydrogen-bond donors (Lipinski definition) is 0. The molecule has 8 heteroatoms. The van der Waals surface area contributed by atoms with Crippen LogP contribution in [-0.4, -0.2) is 32.5 Å². The number of amides is 1. The second kappa shape index (κ2) is 8.78. The van der Waals surface area contributed by atoms with E-state index < -0.39 is 11.6 Å². The van der Waals surface area contributed by atoms with Crippen molar-refractivity contribution >= 4 is 23.4 Å². The van der Waals surface area contributed by atoms with Crippen molar-refractivity contribution < 1.29 is 13.6 Å². The average Bonchev–Trinajstić information content (AvgIpc) is 3.38. The lowest BCUT2D eigenvalue weighted by Gasteiger charge is -2.22. The van der Waals surface area contributed by atoms with Crippen LogP contribution in [0.15, 0.2) is 78.0 Å². The van der Waals surface area contributed by atoms with Crippen LogP contribution in [0.3, 0.4) is 0 Å². The van der Waals surface area contributed by atoms with Crippen molar-refractivity contribution in [3.8, 4) is 17.1 Å². The van der Waals surface area contributed by atoms with Crippen LogP contribution in [0.25, 0.3) is 17.1 Å². The summed E-state index contributed by atoms with van der Waals surface area (Å²) < 4.78 is 29.8. The average molecular weight is 463 g/mol. The lowest BCUT2D eigenvalue weighted by molar-refractivity contribution is -0.116. The summed E-state index contributed by atoms with van der Waals surface area (Å²) >= 11 is 1.18. The summed E-state index contributed by atoms with van der Waals surface area (Å²) in [6.07, 6.45) is 0.807. The smallest absolute Gasteiger partial charge is 0.237 e. The first-order chi connectivity index (χ1) is 16.0. The fourth-order valence-corrected chi connectivity index (χ4v) is 4.96. The molecular weight excluding hydrogens is 442 g/mol. The minimum atomic E-state index is -0.734. The highest BCUT2D eigenvalue weighted by atomic mass is 32.2. The summed E-state index contributed by atoms with van der Waals surface area (Å²) in [5, 5.41) is 8.85. The van der Waals surface area contributed by atoms with Gasteiger partial charge in [0.2, 0.25) is 5.91 Å². The number of thioether (sulfide) groups is 1. The first-order valence-electron chi connectivity index (χ1n) is 10.5. The molecule has 0 aliphatic carbocycles. The zero-order chi connectivity index (χ0) is 22.9. The predicted molar refractivity (Wildman–Crippen MR) is 125 cm³/mol. The molecule has 0 spiro atoms. The minimum Gasteiger partial charge on any atom is -0.308 e. The highest BCUT2D eigenvalue weighted by Gasteiger charge is 2.31. The zero-order valence-electron chi connectivity index (χ0n) is 17.8. The van der Waals surface area contributed by atoms with Crippen molar-refractivity contribution in [2.75, 3.05) is 10.7 Å². The van der Waals surface area contributed by atoms with E-state index in [0.29, 0.717) is 11.0 Å². The molecule has 5 rings (SSSR count). The fraction of sp³-hybridized carbons (Fsp3) is 0.160. The number of aromatic nitrogens is 3. The summed E-state index contributed by atoms with van der Waals surface area (Å²) in [4.78, 5) is 15.0. The molecule has 0 N–H and O–H groups in total. The predicted octanol–water partition coefficient (Wildman–Crippen LogP) is 5.28. The molecule has 0 radical (unpaired) electrons. The molecule has 166 valence electrons. The van der Waals surface area contributed by atoms with Crippen LogP contribution in [0, 0.1) is 11.6 Å². The van der Waals surface area contributed by atoms with E-state index >= 15 is 0 Å². The Balaban J connectivity index is 1.48. The van der Waals surface area contributed by atoms with Crippen molar-refractivity contribution in [3.05, 3.63) is 90.0 Å². The van der Waals surface area contributed by atoms with Crippen molar-refractivity contribution in [2.45, 2.75) is 24.5 Å². The third-order valence-electron chi connectivity index (χ3n) is 5.62. The summed E-state index contributed by atoms with van der Waals surface area (Å²) in [7, 11) is 0. The molecule has 1 aliphatic rings. The Morgan fingerprint density at radius 1 is 1.00 bits per heavy atom. The third-order valence-corrected chi connectivity index (χ3v) is 6.53. The number of fused-ring (bicyclic) bond motifs is 1. The summed E-state index contributed by atoms with van der Waals surface area (Å²) in [6.45, 7) is 2.02. The first kappa shape index (κ1) is 21.3. The number of carbonyl (C=O) groups is 1. The fourth-order valence-electron chi connectivity index (χ4n) is 4.16. The Bertz CT molecular complexity index is 1330. The van der Waals surface area contributed by atoms with E-state index in [1.165, 1.54) is 28.5 Å². The number of para-hydroxylation sites is 1. The van der Waals surface area contributed by atoms with E-state index in [9.17, 15) is 13.6 Å². The van der Waals surface area contributed by atoms with Crippen molar-refractivity contribution in [3.63, 3.8) is 0 Å². The van der Waals surface area contributed by atoms with Crippen LogP contribution in [0.1, 0.15) is 12.5 Å². The number of benzene rings is 3. The summed E-state index contributed by atoms with van der Waals surface area (Å²) in [5.74, 6) is -0.948. The SMILES string of the molecule is C[C@H]1Cc2ccccc2N1C(=O)CSc1nnc(-c2ccccc2)n1-c1ccc(F)cc1F. The molecule has 0 fully saturated rings. The van der Waals surface area contributed by atoms with Gasteiger partial charge in [-0.05, 0) is 37.1 Å². The normalized spacial score (nSPS) is 15.0. The molecule has 33 heavy (non-hydrogen) atoms. The standard InChI is InChI=1S/C25H20F2N4OS/c1-16-13-18-9-5-6-10-21(18)30(16)23(32)15-33-25-29-28-24(17-7-3-2-4-8-17)31(25)22-12-11-19(26)14-20(22)27/h2-12,14,16H,13,15H2,1H3/t16-/m0/s1. The van der Waals surface area contributed by atoms with E-state index in [2.05, 4.69) is 10.2 Å². The number of halogens is 2. The molecule has 1 atom stereocenters. The zero-order valence-corrected chi connectivity index (χ0v) is 18.6. The largest absolute Gasteiger partial charge is 0.308 e. The van der Waals surface area contributed by atoms with Crippen LogP contribution in [0.2, 0.25) is 0 Å². The van der Waals surface area contributed by atoms with Gasteiger partial charge < -0.3 is 4.90 Å². The Kier molecular flexibility index (Phi) is 5.68. The Morgan fingerprint density at radius 2 is 1.76 bits per heavy atom. The van der Waals surface area contributed by atoms with Gasteiger partial charge in [-0.15, -0.1) is 10.2 Å². The molecule has 3 aromatic carbocycles. The molecule has 0 bridgehead atoms. The van der Waals surface area contributed by atoms with Gasteiger partial charge in [0.05, 0.1) is 11.4 Å². The first-order valence-corrected chi connectivity index (χ1v) is 11.5. The molecule has 1 aliphatic heterocycles. The monoisotopic (exact) mass is 462 g/mol. The number of nitrogens with zero attached hydrogens (tertiary/aromatic N) is 4. The number of rotatable bonds is 5. The van der Waals surface area contributed by atoms with Gasteiger partial charge in [-0.3, -0.25) is 9.36 Å². The number of anilines is 1. The Morgan fingerprint density at radius 3 is 2.55 bits per heavy atom. The topological polar surface area (TPSA) is 51.0 Å². The maximum atomic E-state index is 14.7. The highest BCUT2D eigenvalue weighted by Crippen LogP contribution is 2.34. The van der Waals surface area contributed by atoms with Gasteiger partial charge in [0.1, 0.15) is 11.6 Å². The Hall–Kier alpha value is -3.52. The van der Waals surface area contributed by atoms with Crippen LogP contribution < -0.4 is 4.90 Å².